The molecular weight excluding hydrogens is 408 g/mol. The van der Waals surface area contributed by atoms with Gasteiger partial charge in [0.25, 0.3) is 5.91 Å². The molecule has 3 rings (SSSR count). The lowest BCUT2D eigenvalue weighted by Crippen LogP contribution is -2.34. The summed E-state index contributed by atoms with van der Waals surface area (Å²) in [6.45, 7) is 0.628. The molecule has 27 heavy (non-hydrogen) atoms. The van der Waals surface area contributed by atoms with Gasteiger partial charge in [-0.25, -0.2) is 4.68 Å². The first-order chi connectivity index (χ1) is 13.0. The van der Waals surface area contributed by atoms with E-state index in [9.17, 15) is 9.59 Å². The third-order valence-electron chi connectivity index (χ3n) is 4.01. The largest absolute Gasteiger partial charge is 0.370 e. The fourth-order valence-electron chi connectivity index (χ4n) is 2.66. The second-order valence-electron chi connectivity index (χ2n) is 6.05. The highest BCUT2D eigenvalue weighted by Crippen LogP contribution is 2.16. The molecule has 7 heteroatoms. The second-order valence-corrected chi connectivity index (χ2v) is 6.97. The number of carbonyl (C=O) groups excluding carboxylic acids is 2. The molecule has 0 unspecified atom stereocenters. The first-order valence-electron chi connectivity index (χ1n) is 8.46. The highest BCUT2D eigenvalue weighted by Gasteiger charge is 2.19. The first kappa shape index (κ1) is 18.8. The van der Waals surface area contributed by atoms with Crippen LogP contribution in [0.15, 0.2) is 71.3 Å². The van der Waals surface area contributed by atoms with Gasteiger partial charge < -0.3 is 10.6 Å². The minimum absolute atomic E-state index is 0.102. The number of hydrogen-bond donors (Lipinski definition) is 1. The predicted molar refractivity (Wildman–Crippen MR) is 106 cm³/mol. The molecule has 0 saturated carbocycles. The molecule has 6 nitrogen and oxygen atoms in total. The summed E-state index contributed by atoms with van der Waals surface area (Å²) in [4.78, 5) is 25.7. The van der Waals surface area contributed by atoms with E-state index in [4.69, 9.17) is 5.73 Å². The van der Waals surface area contributed by atoms with Crippen molar-refractivity contribution >= 4 is 27.7 Å². The van der Waals surface area contributed by atoms with Crippen LogP contribution in [0.2, 0.25) is 0 Å². The van der Waals surface area contributed by atoms with Crippen molar-refractivity contribution < 1.29 is 9.59 Å². The number of aromatic nitrogens is 2. The van der Waals surface area contributed by atoms with E-state index in [1.165, 1.54) is 0 Å². The lowest BCUT2D eigenvalue weighted by Gasteiger charge is -2.21. The molecule has 0 aliphatic carbocycles. The van der Waals surface area contributed by atoms with Crippen molar-refractivity contribution in [1.82, 2.24) is 14.7 Å². The summed E-state index contributed by atoms with van der Waals surface area (Å²) in [5, 5.41) is 4.40. The summed E-state index contributed by atoms with van der Waals surface area (Å²) in [5.41, 5.74) is 7.40. The van der Waals surface area contributed by atoms with E-state index in [1.807, 2.05) is 54.6 Å². The molecule has 2 N–H and O–H groups in total. The van der Waals surface area contributed by atoms with Gasteiger partial charge in [0.05, 0.1) is 5.69 Å². The molecule has 1 heterocycles. The highest BCUT2D eigenvalue weighted by atomic mass is 79.9. The van der Waals surface area contributed by atoms with E-state index in [1.54, 1.807) is 21.8 Å². The molecule has 2 aromatic carbocycles. The van der Waals surface area contributed by atoms with E-state index >= 15 is 0 Å². The molecule has 3 aromatic rings. The Morgan fingerprint density at radius 3 is 2.56 bits per heavy atom. The van der Waals surface area contributed by atoms with Gasteiger partial charge in [-0.15, -0.1) is 0 Å². The summed E-state index contributed by atoms with van der Waals surface area (Å²) in [6, 6.07) is 18.9. The number of primary amides is 1. The fraction of sp³-hybridized carbons (Fsp3) is 0.150. The Kier molecular flexibility index (Phi) is 6.03. The summed E-state index contributed by atoms with van der Waals surface area (Å²) < 4.78 is 2.57. The SMILES string of the molecule is NC(=O)CCN(Cc1ccccc1)C(=O)c1ccn(-c2cccc(Br)c2)n1. The summed E-state index contributed by atoms with van der Waals surface area (Å²) in [7, 11) is 0. The molecule has 0 fully saturated rings. The zero-order valence-corrected chi connectivity index (χ0v) is 16.2. The van der Waals surface area contributed by atoms with Crippen LogP contribution in [-0.2, 0) is 11.3 Å². The van der Waals surface area contributed by atoms with Crippen LogP contribution < -0.4 is 5.73 Å². The van der Waals surface area contributed by atoms with Crippen LogP contribution in [0.4, 0.5) is 0 Å². The Bertz CT molecular complexity index is 940. The Morgan fingerprint density at radius 2 is 1.85 bits per heavy atom. The van der Waals surface area contributed by atoms with Gasteiger partial charge in [-0.05, 0) is 29.8 Å². The third-order valence-corrected chi connectivity index (χ3v) is 4.51. The van der Waals surface area contributed by atoms with Crippen LogP contribution in [0.3, 0.4) is 0 Å². The minimum Gasteiger partial charge on any atom is -0.370 e. The summed E-state index contributed by atoms with van der Waals surface area (Å²) in [5.74, 6) is -0.686. The molecular formula is C20H19BrN4O2. The molecule has 0 saturated heterocycles. The van der Waals surface area contributed by atoms with Crippen molar-refractivity contribution in [2.75, 3.05) is 6.54 Å². The molecule has 0 spiro atoms. The summed E-state index contributed by atoms with van der Waals surface area (Å²) >= 11 is 3.43. The van der Waals surface area contributed by atoms with Gasteiger partial charge in [0.15, 0.2) is 5.69 Å². The molecule has 0 bridgehead atoms. The Balaban J connectivity index is 1.81. The Morgan fingerprint density at radius 1 is 1.07 bits per heavy atom. The predicted octanol–water partition coefficient (Wildman–Crippen LogP) is 3.15. The van der Waals surface area contributed by atoms with E-state index in [0.717, 1.165) is 15.7 Å². The van der Waals surface area contributed by atoms with Crippen LogP contribution in [0, 0.1) is 0 Å². The van der Waals surface area contributed by atoms with Crippen LogP contribution in [0.25, 0.3) is 5.69 Å². The van der Waals surface area contributed by atoms with E-state index in [0.29, 0.717) is 12.2 Å². The molecule has 138 valence electrons. The average molecular weight is 427 g/mol. The number of rotatable bonds is 7. The molecule has 2 amide bonds. The second kappa shape index (κ2) is 8.64. The van der Waals surface area contributed by atoms with Gasteiger partial charge in [0.2, 0.25) is 5.91 Å². The van der Waals surface area contributed by atoms with E-state index < -0.39 is 5.91 Å². The average Bonchev–Trinajstić information content (AvgIpc) is 3.15. The lowest BCUT2D eigenvalue weighted by molar-refractivity contribution is -0.118. The molecule has 0 aliphatic rings. The molecule has 0 atom stereocenters. The number of nitrogens with zero attached hydrogens (tertiary/aromatic N) is 3. The quantitative estimate of drug-likeness (QED) is 0.629. The molecule has 0 radical (unpaired) electrons. The number of halogens is 1. The van der Waals surface area contributed by atoms with E-state index in [-0.39, 0.29) is 18.9 Å². The smallest absolute Gasteiger partial charge is 0.274 e. The zero-order chi connectivity index (χ0) is 19.2. The van der Waals surface area contributed by atoms with Crippen molar-refractivity contribution in [3.63, 3.8) is 0 Å². The van der Waals surface area contributed by atoms with Crippen LogP contribution in [0.1, 0.15) is 22.5 Å². The zero-order valence-electron chi connectivity index (χ0n) is 14.6. The monoisotopic (exact) mass is 426 g/mol. The van der Waals surface area contributed by atoms with Crippen molar-refractivity contribution in [2.45, 2.75) is 13.0 Å². The number of amides is 2. The van der Waals surface area contributed by atoms with Gasteiger partial charge in [0, 0.05) is 30.2 Å². The number of benzene rings is 2. The maximum absolute atomic E-state index is 13.0. The number of nitrogens with two attached hydrogens (primary N) is 1. The van der Waals surface area contributed by atoms with Gasteiger partial charge in [0.1, 0.15) is 0 Å². The Hall–Kier alpha value is -2.93. The van der Waals surface area contributed by atoms with Gasteiger partial charge in [-0.3, -0.25) is 9.59 Å². The maximum Gasteiger partial charge on any atom is 0.274 e. The topological polar surface area (TPSA) is 81.2 Å². The fourth-order valence-corrected chi connectivity index (χ4v) is 3.05. The maximum atomic E-state index is 13.0. The highest BCUT2D eigenvalue weighted by molar-refractivity contribution is 9.10. The van der Waals surface area contributed by atoms with Crippen molar-refractivity contribution in [2.24, 2.45) is 5.73 Å². The lowest BCUT2D eigenvalue weighted by atomic mass is 10.2. The van der Waals surface area contributed by atoms with Gasteiger partial charge in [-0.2, -0.15) is 5.10 Å². The third kappa shape index (κ3) is 5.04. The molecule has 1 aromatic heterocycles. The number of carbonyl (C=O) groups is 2. The van der Waals surface area contributed by atoms with Crippen LogP contribution in [-0.4, -0.2) is 33.0 Å². The van der Waals surface area contributed by atoms with Gasteiger partial charge >= 0.3 is 0 Å². The van der Waals surface area contributed by atoms with E-state index in [2.05, 4.69) is 21.0 Å². The standard InChI is InChI=1S/C20H19BrN4O2/c21-16-7-4-8-17(13-16)25-12-9-18(23-25)20(27)24(11-10-19(22)26)14-15-5-2-1-3-6-15/h1-9,12-13H,10-11,14H2,(H2,22,26). The van der Waals surface area contributed by atoms with Crippen LogP contribution in [0.5, 0.6) is 0 Å². The van der Waals surface area contributed by atoms with Crippen molar-refractivity contribution in [1.29, 1.82) is 0 Å². The molecule has 0 aliphatic heterocycles. The van der Waals surface area contributed by atoms with Crippen LogP contribution >= 0.6 is 15.9 Å². The minimum atomic E-state index is -0.444. The number of hydrogen-bond acceptors (Lipinski definition) is 3. The first-order valence-corrected chi connectivity index (χ1v) is 9.25. The van der Waals surface area contributed by atoms with Crippen molar-refractivity contribution in [3.05, 3.63) is 82.6 Å². The normalized spacial score (nSPS) is 10.6. The van der Waals surface area contributed by atoms with Gasteiger partial charge in [-0.1, -0.05) is 52.3 Å². The summed E-state index contributed by atoms with van der Waals surface area (Å²) in [6.07, 6.45) is 1.84. The van der Waals surface area contributed by atoms with Crippen molar-refractivity contribution in [3.8, 4) is 5.69 Å². The Labute approximate surface area is 165 Å².